The molecule has 1 aromatic carbocycles. The van der Waals surface area contributed by atoms with Crippen LogP contribution in [0.2, 0.25) is 0 Å². The Balaban J connectivity index is 2.12. The van der Waals surface area contributed by atoms with Crippen molar-refractivity contribution in [3.8, 4) is 0 Å². The Bertz CT molecular complexity index is 404. The first-order chi connectivity index (χ1) is 9.22. The van der Waals surface area contributed by atoms with E-state index in [4.69, 9.17) is 0 Å². The predicted octanol–water partition coefficient (Wildman–Crippen LogP) is 2.39. The Kier molecular flexibility index (Phi) is 4.97. The minimum Gasteiger partial charge on any atom is -0.339 e. The average Bonchev–Trinajstić information content (AvgIpc) is 2.45. The maximum Gasteiger partial charge on any atom is 0.230 e. The molecule has 1 aliphatic heterocycles. The summed E-state index contributed by atoms with van der Waals surface area (Å²) in [5, 5.41) is 3.38. The van der Waals surface area contributed by atoms with Crippen LogP contribution in [0.5, 0.6) is 0 Å². The van der Waals surface area contributed by atoms with E-state index in [1.807, 2.05) is 23.1 Å². The van der Waals surface area contributed by atoms with Gasteiger partial charge >= 0.3 is 0 Å². The molecule has 3 heteroatoms. The molecule has 1 saturated heterocycles. The van der Waals surface area contributed by atoms with E-state index >= 15 is 0 Å². The van der Waals surface area contributed by atoms with Gasteiger partial charge in [-0.2, -0.15) is 0 Å². The second-order valence-electron chi connectivity index (χ2n) is 5.39. The number of nitrogens with zero attached hydrogens (tertiary/aromatic N) is 1. The van der Waals surface area contributed by atoms with E-state index in [9.17, 15) is 4.79 Å². The highest BCUT2D eigenvalue weighted by atomic mass is 16.2. The normalized spacial score (nSPS) is 21.2. The van der Waals surface area contributed by atoms with E-state index < -0.39 is 0 Å². The second-order valence-corrected chi connectivity index (χ2v) is 5.39. The lowest BCUT2D eigenvalue weighted by Crippen LogP contribution is -2.52. The fourth-order valence-electron chi connectivity index (χ4n) is 2.76. The van der Waals surface area contributed by atoms with Gasteiger partial charge in [-0.1, -0.05) is 43.7 Å². The highest BCUT2D eigenvalue weighted by Crippen LogP contribution is 2.24. The summed E-state index contributed by atoms with van der Waals surface area (Å²) in [6.45, 7) is 6.84. The third-order valence-corrected chi connectivity index (χ3v) is 3.76. The van der Waals surface area contributed by atoms with Crippen LogP contribution in [-0.4, -0.2) is 36.5 Å². The Morgan fingerprint density at radius 2 is 2.16 bits per heavy atom. The molecule has 1 aliphatic rings. The molecule has 1 aromatic rings. The number of benzene rings is 1. The Morgan fingerprint density at radius 3 is 2.79 bits per heavy atom. The van der Waals surface area contributed by atoms with Crippen molar-refractivity contribution in [1.29, 1.82) is 0 Å². The first-order valence-corrected chi connectivity index (χ1v) is 7.29. The number of rotatable bonds is 4. The first kappa shape index (κ1) is 14.1. The van der Waals surface area contributed by atoms with Crippen molar-refractivity contribution in [2.75, 3.05) is 19.6 Å². The number of hydrogen-bond donors (Lipinski definition) is 1. The summed E-state index contributed by atoms with van der Waals surface area (Å²) in [4.78, 5) is 14.8. The summed E-state index contributed by atoms with van der Waals surface area (Å²) in [7, 11) is 0. The van der Waals surface area contributed by atoms with Crippen molar-refractivity contribution in [3.05, 3.63) is 35.9 Å². The molecule has 2 atom stereocenters. The molecule has 104 valence electrons. The lowest BCUT2D eigenvalue weighted by Gasteiger charge is -2.34. The summed E-state index contributed by atoms with van der Waals surface area (Å²) >= 11 is 0. The van der Waals surface area contributed by atoms with E-state index in [2.05, 4.69) is 31.3 Å². The van der Waals surface area contributed by atoms with Gasteiger partial charge in [0.15, 0.2) is 0 Å². The minimum absolute atomic E-state index is 0.0245. The van der Waals surface area contributed by atoms with Gasteiger partial charge in [-0.05, 0) is 18.9 Å². The topological polar surface area (TPSA) is 32.3 Å². The molecule has 19 heavy (non-hydrogen) atoms. The largest absolute Gasteiger partial charge is 0.339 e. The molecule has 2 rings (SSSR count). The first-order valence-electron chi connectivity index (χ1n) is 7.29. The van der Waals surface area contributed by atoms with Crippen LogP contribution >= 0.6 is 0 Å². The summed E-state index contributed by atoms with van der Waals surface area (Å²) in [6.07, 6.45) is 1.97. The number of amides is 1. The molecule has 1 fully saturated rings. The molecule has 0 bridgehead atoms. The van der Waals surface area contributed by atoms with E-state index in [1.54, 1.807) is 0 Å². The lowest BCUT2D eigenvalue weighted by molar-refractivity contribution is -0.134. The minimum atomic E-state index is 0.0245. The van der Waals surface area contributed by atoms with Gasteiger partial charge in [-0.25, -0.2) is 0 Å². The number of carbonyl (C=O) groups excluding carboxylic acids is 1. The molecule has 0 spiro atoms. The molecule has 1 N–H and O–H groups in total. The van der Waals surface area contributed by atoms with Crippen molar-refractivity contribution in [3.63, 3.8) is 0 Å². The fourth-order valence-corrected chi connectivity index (χ4v) is 2.76. The fraction of sp³-hybridized carbons (Fsp3) is 0.562. The van der Waals surface area contributed by atoms with Gasteiger partial charge in [0, 0.05) is 25.7 Å². The summed E-state index contributed by atoms with van der Waals surface area (Å²) < 4.78 is 0. The molecule has 0 saturated carbocycles. The van der Waals surface area contributed by atoms with Crippen LogP contribution in [0.15, 0.2) is 30.3 Å². The number of hydrogen-bond acceptors (Lipinski definition) is 2. The maximum absolute atomic E-state index is 12.7. The van der Waals surface area contributed by atoms with Crippen LogP contribution in [0.3, 0.4) is 0 Å². The highest BCUT2D eigenvalue weighted by molar-refractivity contribution is 5.83. The highest BCUT2D eigenvalue weighted by Gasteiger charge is 2.27. The molecule has 2 unspecified atom stereocenters. The van der Waals surface area contributed by atoms with E-state index in [0.717, 1.165) is 38.0 Å². The third kappa shape index (κ3) is 3.57. The summed E-state index contributed by atoms with van der Waals surface area (Å²) in [6, 6.07) is 10.6. The molecule has 0 aliphatic carbocycles. The van der Waals surface area contributed by atoms with Gasteiger partial charge in [-0.3, -0.25) is 4.79 Å². The zero-order chi connectivity index (χ0) is 13.7. The van der Waals surface area contributed by atoms with Crippen LogP contribution in [0.4, 0.5) is 0 Å². The number of piperazine rings is 1. The van der Waals surface area contributed by atoms with Crippen LogP contribution in [0.25, 0.3) is 0 Å². The molecule has 3 nitrogen and oxygen atoms in total. The van der Waals surface area contributed by atoms with Crippen LogP contribution in [0.1, 0.15) is 38.2 Å². The quantitative estimate of drug-likeness (QED) is 0.901. The van der Waals surface area contributed by atoms with E-state index in [0.29, 0.717) is 11.9 Å². The second kappa shape index (κ2) is 6.71. The van der Waals surface area contributed by atoms with Gasteiger partial charge in [0.25, 0.3) is 0 Å². The number of carbonyl (C=O) groups is 1. The molecule has 1 amide bonds. The zero-order valence-electron chi connectivity index (χ0n) is 11.9. The lowest BCUT2D eigenvalue weighted by atomic mass is 9.92. The van der Waals surface area contributed by atoms with Crippen LogP contribution < -0.4 is 5.32 Å². The maximum atomic E-state index is 12.7. The summed E-state index contributed by atoms with van der Waals surface area (Å²) in [5.41, 5.74) is 1.15. The molecule has 0 radical (unpaired) electrons. The van der Waals surface area contributed by atoms with Crippen molar-refractivity contribution >= 4 is 5.91 Å². The third-order valence-electron chi connectivity index (χ3n) is 3.76. The van der Waals surface area contributed by atoms with Gasteiger partial charge in [0.2, 0.25) is 5.91 Å². The van der Waals surface area contributed by atoms with Crippen molar-refractivity contribution < 1.29 is 4.79 Å². The van der Waals surface area contributed by atoms with E-state index in [1.165, 1.54) is 0 Å². The van der Waals surface area contributed by atoms with Crippen molar-refractivity contribution in [1.82, 2.24) is 10.2 Å². The molecular formula is C16H24N2O. The van der Waals surface area contributed by atoms with Gasteiger partial charge in [0.05, 0.1) is 5.92 Å². The molecular weight excluding hydrogens is 236 g/mol. The zero-order valence-corrected chi connectivity index (χ0v) is 11.9. The van der Waals surface area contributed by atoms with Gasteiger partial charge in [0.1, 0.15) is 0 Å². The average molecular weight is 260 g/mol. The molecule has 1 heterocycles. The monoisotopic (exact) mass is 260 g/mol. The Hall–Kier alpha value is -1.35. The smallest absolute Gasteiger partial charge is 0.230 e. The predicted molar refractivity (Wildman–Crippen MR) is 78.1 cm³/mol. The Labute approximate surface area is 116 Å². The molecule has 0 aromatic heterocycles. The SMILES string of the molecule is CCCC(C(=O)N1CCNC(C)C1)c1ccccc1. The van der Waals surface area contributed by atoms with Crippen LogP contribution in [-0.2, 0) is 4.79 Å². The Morgan fingerprint density at radius 1 is 1.42 bits per heavy atom. The van der Waals surface area contributed by atoms with Gasteiger partial charge in [-0.15, -0.1) is 0 Å². The standard InChI is InChI=1S/C16H24N2O/c1-3-7-15(14-8-5-4-6-9-14)16(19)18-11-10-17-13(2)12-18/h4-6,8-9,13,15,17H,3,7,10-12H2,1-2H3. The van der Waals surface area contributed by atoms with E-state index in [-0.39, 0.29) is 5.92 Å². The van der Waals surface area contributed by atoms with Crippen molar-refractivity contribution in [2.45, 2.75) is 38.6 Å². The van der Waals surface area contributed by atoms with Crippen LogP contribution in [0, 0.1) is 0 Å². The van der Waals surface area contributed by atoms with Crippen molar-refractivity contribution in [2.24, 2.45) is 0 Å². The number of nitrogens with one attached hydrogen (secondary N) is 1. The van der Waals surface area contributed by atoms with Gasteiger partial charge < -0.3 is 10.2 Å². The summed E-state index contributed by atoms with van der Waals surface area (Å²) in [5.74, 6) is 0.317.